The Kier molecular flexibility index (Phi) is 5.32. The van der Waals surface area contributed by atoms with E-state index in [0.717, 1.165) is 10.5 Å². The van der Waals surface area contributed by atoms with Gasteiger partial charge in [-0.3, -0.25) is 4.90 Å². The van der Waals surface area contributed by atoms with Gasteiger partial charge in [0.15, 0.2) is 6.04 Å². The number of carbonyl (C=O) groups is 2. The largest absolute Gasteiger partial charge is 0.467 e. The van der Waals surface area contributed by atoms with E-state index >= 15 is 0 Å². The smallest absolute Gasteiger partial charge is 0.411 e. The van der Waals surface area contributed by atoms with Crippen LogP contribution >= 0.6 is 0 Å². The molecule has 0 radical (unpaired) electrons. The molecule has 6 nitrogen and oxygen atoms in total. The second-order valence-corrected chi connectivity index (χ2v) is 4.88. The Labute approximate surface area is 127 Å². The molecule has 0 saturated carbocycles. The Balaban J connectivity index is 2.05. The van der Waals surface area contributed by atoms with Crippen LogP contribution in [0.15, 0.2) is 30.3 Å². The van der Waals surface area contributed by atoms with E-state index in [0.29, 0.717) is 0 Å². The number of ether oxygens (including phenoxy) is 3. The minimum atomic E-state index is -1.47. The van der Waals surface area contributed by atoms with E-state index in [4.69, 9.17) is 9.47 Å². The molecule has 1 amide bonds. The zero-order valence-corrected chi connectivity index (χ0v) is 12.4. The molecule has 1 aliphatic heterocycles. The van der Waals surface area contributed by atoms with Gasteiger partial charge in [-0.25, -0.2) is 14.0 Å². The van der Waals surface area contributed by atoms with Crippen molar-refractivity contribution in [1.29, 1.82) is 0 Å². The first-order valence-corrected chi connectivity index (χ1v) is 6.80. The van der Waals surface area contributed by atoms with E-state index in [1.165, 1.54) is 14.2 Å². The van der Waals surface area contributed by atoms with Gasteiger partial charge in [0.1, 0.15) is 18.9 Å². The molecule has 1 fully saturated rings. The molecular formula is C15H18FNO5. The van der Waals surface area contributed by atoms with Crippen molar-refractivity contribution < 1.29 is 28.2 Å². The number of hydrogen-bond acceptors (Lipinski definition) is 5. The molecule has 3 atom stereocenters. The second kappa shape index (κ2) is 7.22. The van der Waals surface area contributed by atoms with Crippen molar-refractivity contribution in [2.75, 3.05) is 20.8 Å². The van der Waals surface area contributed by atoms with Crippen molar-refractivity contribution in [3.05, 3.63) is 35.9 Å². The predicted molar refractivity (Wildman–Crippen MR) is 74.8 cm³/mol. The van der Waals surface area contributed by atoms with Crippen LogP contribution in [0.5, 0.6) is 0 Å². The number of carbonyl (C=O) groups excluding carboxylic acids is 2. The van der Waals surface area contributed by atoms with E-state index in [2.05, 4.69) is 4.74 Å². The maximum Gasteiger partial charge on any atom is 0.411 e. The lowest BCUT2D eigenvalue weighted by Crippen LogP contribution is -2.46. The number of amides is 1. The number of hydrogen-bond donors (Lipinski definition) is 0. The fourth-order valence-corrected chi connectivity index (χ4v) is 2.43. The summed E-state index contributed by atoms with van der Waals surface area (Å²) in [4.78, 5) is 24.9. The standard InChI is InChI=1S/C15H18FNO5/c1-20-13-11(16)8-17(12(13)14(18)21-2)15(19)22-9-10-6-4-3-5-7-10/h3-7,11-13H,8-9H2,1-2H3/t11-,12-,13+/m1/s1. The van der Waals surface area contributed by atoms with Crippen molar-refractivity contribution in [2.24, 2.45) is 0 Å². The summed E-state index contributed by atoms with van der Waals surface area (Å²) in [6.45, 7) is -0.232. The molecule has 22 heavy (non-hydrogen) atoms. The lowest BCUT2D eigenvalue weighted by Gasteiger charge is -2.24. The summed E-state index contributed by atoms with van der Waals surface area (Å²) >= 11 is 0. The first kappa shape index (κ1) is 16.2. The number of benzene rings is 1. The van der Waals surface area contributed by atoms with Crippen LogP contribution < -0.4 is 0 Å². The van der Waals surface area contributed by atoms with Crippen LogP contribution in [0.4, 0.5) is 9.18 Å². The van der Waals surface area contributed by atoms with Gasteiger partial charge in [-0.05, 0) is 5.56 Å². The van der Waals surface area contributed by atoms with Gasteiger partial charge in [0, 0.05) is 7.11 Å². The van der Waals surface area contributed by atoms with Gasteiger partial charge in [0.25, 0.3) is 0 Å². The van der Waals surface area contributed by atoms with Crippen LogP contribution in [0.3, 0.4) is 0 Å². The van der Waals surface area contributed by atoms with Gasteiger partial charge >= 0.3 is 12.1 Å². The Morgan fingerprint density at radius 2 is 1.95 bits per heavy atom. The lowest BCUT2D eigenvalue weighted by molar-refractivity contribution is -0.149. The molecule has 0 aliphatic carbocycles. The van der Waals surface area contributed by atoms with Crippen molar-refractivity contribution in [2.45, 2.75) is 24.9 Å². The molecule has 0 unspecified atom stereocenters. The third-order valence-corrected chi connectivity index (χ3v) is 3.53. The first-order valence-electron chi connectivity index (χ1n) is 6.80. The van der Waals surface area contributed by atoms with Gasteiger partial charge in [-0.15, -0.1) is 0 Å². The Morgan fingerprint density at radius 3 is 2.55 bits per heavy atom. The summed E-state index contributed by atoms with van der Waals surface area (Å²) in [7, 11) is 2.46. The van der Waals surface area contributed by atoms with Gasteiger partial charge in [0.05, 0.1) is 13.7 Å². The Bertz CT molecular complexity index is 524. The van der Waals surface area contributed by atoms with Gasteiger partial charge < -0.3 is 14.2 Å². The normalized spacial score (nSPS) is 24.1. The maximum atomic E-state index is 13.9. The van der Waals surface area contributed by atoms with Crippen LogP contribution in [0.25, 0.3) is 0 Å². The summed E-state index contributed by atoms with van der Waals surface area (Å²) in [5.74, 6) is -0.733. The molecule has 0 aromatic heterocycles. The first-order chi connectivity index (χ1) is 10.6. The molecule has 0 bridgehead atoms. The third kappa shape index (κ3) is 3.36. The fourth-order valence-electron chi connectivity index (χ4n) is 2.43. The molecule has 1 saturated heterocycles. The summed E-state index contributed by atoms with van der Waals surface area (Å²) < 4.78 is 28.7. The van der Waals surface area contributed by atoms with E-state index < -0.39 is 30.4 Å². The van der Waals surface area contributed by atoms with Crippen molar-refractivity contribution >= 4 is 12.1 Å². The van der Waals surface area contributed by atoms with Crippen LogP contribution in [0.1, 0.15) is 5.56 Å². The third-order valence-electron chi connectivity index (χ3n) is 3.53. The van der Waals surface area contributed by atoms with Gasteiger partial charge in [-0.2, -0.15) is 0 Å². The van der Waals surface area contributed by atoms with Crippen LogP contribution in [0, 0.1) is 0 Å². The summed E-state index contributed by atoms with van der Waals surface area (Å²) in [5.41, 5.74) is 0.796. The van der Waals surface area contributed by atoms with Gasteiger partial charge in [0.2, 0.25) is 0 Å². The molecule has 1 aliphatic rings. The van der Waals surface area contributed by atoms with E-state index in [1.54, 1.807) is 12.1 Å². The summed E-state index contributed by atoms with van der Waals surface area (Å²) in [6, 6.07) is 7.92. The highest BCUT2D eigenvalue weighted by Gasteiger charge is 2.50. The number of rotatable bonds is 4. The topological polar surface area (TPSA) is 65.1 Å². The monoisotopic (exact) mass is 311 g/mol. The lowest BCUT2D eigenvalue weighted by atomic mass is 10.1. The number of nitrogens with zero attached hydrogens (tertiary/aromatic N) is 1. The molecule has 1 heterocycles. The number of alkyl halides is 1. The van der Waals surface area contributed by atoms with Crippen molar-refractivity contribution in [1.82, 2.24) is 4.90 Å². The molecule has 2 rings (SSSR count). The number of methoxy groups -OCH3 is 2. The molecule has 7 heteroatoms. The Morgan fingerprint density at radius 1 is 1.27 bits per heavy atom. The quantitative estimate of drug-likeness (QED) is 0.789. The number of esters is 1. The minimum absolute atomic E-state index is 0.0403. The zero-order chi connectivity index (χ0) is 16.1. The minimum Gasteiger partial charge on any atom is -0.467 e. The SMILES string of the molecule is COC(=O)[C@H]1[C@@H](OC)[C@H](F)CN1C(=O)OCc1ccccc1. The Hall–Kier alpha value is -2.15. The van der Waals surface area contributed by atoms with Gasteiger partial charge in [-0.1, -0.05) is 30.3 Å². The van der Waals surface area contributed by atoms with E-state index in [-0.39, 0.29) is 13.2 Å². The predicted octanol–water partition coefficient (Wildman–Crippen LogP) is 1.53. The molecule has 1 aromatic carbocycles. The molecule has 0 N–H and O–H groups in total. The van der Waals surface area contributed by atoms with Crippen LogP contribution in [0.2, 0.25) is 0 Å². The summed E-state index contributed by atoms with van der Waals surface area (Å²) in [6.07, 6.45) is -3.31. The molecule has 120 valence electrons. The maximum absolute atomic E-state index is 13.9. The van der Waals surface area contributed by atoms with Crippen molar-refractivity contribution in [3.8, 4) is 0 Å². The van der Waals surface area contributed by atoms with Crippen molar-refractivity contribution in [3.63, 3.8) is 0 Å². The zero-order valence-electron chi connectivity index (χ0n) is 12.4. The van der Waals surface area contributed by atoms with Crippen LogP contribution in [-0.2, 0) is 25.6 Å². The second-order valence-electron chi connectivity index (χ2n) is 4.88. The highest BCUT2D eigenvalue weighted by Crippen LogP contribution is 2.25. The van der Waals surface area contributed by atoms with Crippen LogP contribution in [-0.4, -0.2) is 56.0 Å². The highest BCUT2D eigenvalue weighted by molar-refractivity contribution is 5.83. The fraction of sp³-hybridized carbons (Fsp3) is 0.467. The number of likely N-dealkylation sites (tertiary alicyclic amines) is 1. The molecule has 1 aromatic rings. The molecule has 0 spiro atoms. The molecular weight excluding hydrogens is 293 g/mol. The average Bonchev–Trinajstić information content (AvgIpc) is 2.89. The summed E-state index contributed by atoms with van der Waals surface area (Å²) in [5, 5.41) is 0. The number of halogens is 1. The highest BCUT2D eigenvalue weighted by atomic mass is 19.1. The average molecular weight is 311 g/mol. The van der Waals surface area contributed by atoms with E-state index in [9.17, 15) is 14.0 Å². The van der Waals surface area contributed by atoms with E-state index in [1.807, 2.05) is 18.2 Å².